The van der Waals surface area contributed by atoms with Crippen LogP contribution < -0.4 is 5.32 Å². The third-order valence-corrected chi connectivity index (χ3v) is 4.24. The van der Waals surface area contributed by atoms with Crippen LogP contribution >= 0.6 is 0 Å². The Morgan fingerprint density at radius 2 is 2.16 bits per heavy atom. The second-order valence-electron chi connectivity index (χ2n) is 6.04. The van der Waals surface area contributed by atoms with Crippen LogP contribution in [0, 0.1) is 0 Å². The molecule has 6 nitrogen and oxygen atoms in total. The highest BCUT2D eigenvalue weighted by atomic mass is 16.5. The van der Waals surface area contributed by atoms with Crippen molar-refractivity contribution in [3.63, 3.8) is 0 Å². The minimum absolute atomic E-state index is 0.0137. The molecule has 1 aromatic heterocycles. The molecule has 0 fully saturated rings. The number of hydrogen-bond acceptors (Lipinski definition) is 4. The van der Waals surface area contributed by atoms with E-state index in [1.807, 2.05) is 37.3 Å². The zero-order chi connectivity index (χ0) is 17.8. The molecule has 0 bridgehead atoms. The van der Waals surface area contributed by atoms with Crippen molar-refractivity contribution >= 4 is 17.5 Å². The number of carbonyl (C=O) groups excluding carboxylic acids is 2. The fraction of sp³-hybridized carbons (Fsp3) is 0.368. The Hall–Kier alpha value is -2.60. The number of anilines is 1. The molecule has 132 valence electrons. The van der Waals surface area contributed by atoms with Gasteiger partial charge in [0.05, 0.1) is 0 Å². The van der Waals surface area contributed by atoms with Gasteiger partial charge < -0.3 is 19.4 Å². The normalized spacial score (nSPS) is 13.4. The molecule has 1 aliphatic rings. The van der Waals surface area contributed by atoms with Crippen molar-refractivity contribution in [1.29, 1.82) is 0 Å². The molecule has 6 heteroatoms. The molecule has 25 heavy (non-hydrogen) atoms. The van der Waals surface area contributed by atoms with Gasteiger partial charge in [0, 0.05) is 49.9 Å². The Labute approximate surface area is 146 Å². The van der Waals surface area contributed by atoms with Gasteiger partial charge in [0.25, 0.3) is 0 Å². The Morgan fingerprint density at radius 3 is 2.92 bits per heavy atom. The fourth-order valence-corrected chi connectivity index (χ4v) is 2.90. The quantitative estimate of drug-likeness (QED) is 0.907. The zero-order valence-electron chi connectivity index (χ0n) is 14.5. The van der Waals surface area contributed by atoms with Crippen LogP contribution in [0.5, 0.6) is 0 Å². The summed E-state index contributed by atoms with van der Waals surface area (Å²) in [5.74, 6) is 1.63. The number of hydrogen-bond donors (Lipinski definition) is 1. The second-order valence-corrected chi connectivity index (χ2v) is 6.04. The summed E-state index contributed by atoms with van der Waals surface area (Å²) in [5.41, 5.74) is 2.67. The highest BCUT2D eigenvalue weighted by Crippen LogP contribution is 2.30. The van der Waals surface area contributed by atoms with Gasteiger partial charge in [-0.25, -0.2) is 0 Å². The van der Waals surface area contributed by atoms with E-state index in [1.165, 1.54) is 7.11 Å². The van der Waals surface area contributed by atoms with Crippen molar-refractivity contribution in [2.75, 3.05) is 25.6 Å². The molecule has 1 aliphatic heterocycles. The number of carbonyl (C=O) groups is 2. The molecular weight excluding hydrogens is 320 g/mol. The van der Waals surface area contributed by atoms with Gasteiger partial charge in [0.15, 0.2) is 0 Å². The van der Waals surface area contributed by atoms with Crippen LogP contribution in [0.4, 0.5) is 5.69 Å². The molecule has 2 heterocycles. The lowest BCUT2D eigenvalue weighted by atomic mass is 10.1. The maximum Gasteiger partial charge on any atom is 0.248 e. The molecule has 0 saturated carbocycles. The first-order valence-electron chi connectivity index (χ1n) is 8.39. The highest BCUT2D eigenvalue weighted by Gasteiger charge is 2.24. The van der Waals surface area contributed by atoms with Crippen LogP contribution in [0.2, 0.25) is 0 Å². The summed E-state index contributed by atoms with van der Waals surface area (Å²) >= 11 is 0. The first-order chi connectivity index (χ1) is 12.1. The van der Waals surface area contributed by atoms with E-state index >= 15 is 0 Å². The fourth-order valence-electron chi connectivity index (χ4n) is 2.90. The molecule has 2 aromatic rings. The molecule has 0 spiro atoms. The Kier molecular flexibility index (Phi) is 5.19. The average molecular weight is 342 g/mol. The van der Waals surface area contributed by atoms with Crippen molar-refractivity contribution in [2.45, 2.75) is 26.3 Å². The van der Waals surface area contributed by atoms with E-state index in [0.29, 0.717) is 25.9 Å². The van der Waals surface area contributed by atoms with Crippen LogP contribution in [0.1, 0.15) is 24.7 Å². The van der Waals surface area contributed by atoms with E-state index in [1.54, 1.807) is 4.90 Å². The van der Waals surface area contributed by atoms with E-state index in [4.69, 9.17) is 9.15 Å². The number of methoxy groups -OCH3 is 1. The molecule has 0 unspecified atom stereocenters. The van der Waals surface area contributed by atoms with Crippen molar-refractivity contribution in [3.05, 3.63) is 41.7 Å². The summed E-state index contributed by atoms with van der Waals surface area (Å²) in [7, 11) is 1.52. The number of rotatable bonds is 5. The SMILES string of the molecule is CCC(=O)Nc1cccc(-c2cc3c(o2)CCN(C(=O)COC)C3)c1. The van der Waals surface area contributed by atoms with Crippen molar-refractivity contribution in [2.24, 2.45) is 0 Å². The monoisotopic (exact) mass is 342 g/mol. The zero-order valence-corrected chi connectivity index (χ0v) is 14.5. The van der Waals surface area contributed by atoms with Gasteiger partial charge in [0.1, 0.15) is 18.1 Å². The van der Waals surface area contributed by atoms with E-state index in [2.05, 4.69) is 5.32 Å². The van der Waals surface area contributed by atoms with Gasteiger partial charge >= 0.3 is 0 Å². The van der Waals surface area contributed by atoms with Crippen LogP contribution in [-0.4, -0.2) is 37.0 Å². The molecule has 0 saturated heterocycles. The van der Waals surface area contributed by atoms with Crippen LogP contribution in [0.15, 0.2) is 34.7 Å². The lowest BCUT2D eigenvalue weighted by Gasteiger charge is -2.25. The van der Waals surface area contributed by atoms with E-state index in [0.717, 1.165) is 28.3 Å². The maximum atomic E-state index is 12.0. The summed E-state index contributed by atoms with van der Waals surface area (Å²) in [6.07, 6.45) is 1.13. The number of fused-ring (bicyclic) bond motifs is 1. The third kappa shape index (κ3) is 3.91. The largest absolute Gasteiger partial charge is 0.461 e. The maximum absolute atomic E-state index is 12.0. The number of furan rings is 1. The van der Waals surface area contributed by atoms with Crippen molar-refractivity contribution in [3.8, 4) is 11.3 Å². The molecule has 1 N–H and O–H groups in total. The second kappa shape index (κ2) is 7.53. The van der Waals surface area contributed by atoms with E-state index in [-0.39, 0.29) is 18.4 Å². The topological polar surface area (TPSA) is 71.8 Å². The third-order valence-electron chi connectivity index (χ3n) is 4.24. The van der Waals surface area contributed by atoms with Crippen LogP contribution in [0.25, 0.3) is 11.3 Å². The minimum atomic E-state index is -0.0248. The first-order valence-corrected chi connectivity index (χ1v) is 8.39. The average Bonchev–Trinajstić information content (AvgIpc) is 3.05. The van der Waals surface area contributed by atoms with E-state index in [9.17, 15) is 9.59 Å². The Bertz CT molecular complexity index is 781. The Balaban J connectivity index is 1.79. The molecule has 1 aromatic carbocycles. The van der Waals surface area contributed by atoms with Crippen molar-refractivity contribution in [1.82, 2.24) is 4.90 Å². The summed E-state index contributed by atoms with van der Waals surface area (Å²) in [6, 6.07) is 9.55. The molecular formula is C19H22N2O4. The number of benzene rings is 1. The lowest BCUT2D eigenvalue weighted by molar-refractivity contribution is -0.136. The van der Waals surface area contributed by atoms with Gasteiger partial charge in [-0.1, -0.05) is 19.1 Å². The minimum Gasteiger partial charge on any atom is -0.461 e. The summed E-state index contributed by atoms with van der Waals surface area (Å²) in [6.45, 7) is 3.08. The number of amides is 2. The van der Waals surface area contributed by atoms with Gasteiger partial charge in [-0.3, -0.25) is 9.59 Å². The van der Waals surface area contributed by atoms with Crippen LogP contribution in [-0.2, 0) is 27.3 Å². The molecule has 2 amide bonds. The molecule has 0 atom stereocenters. The number of ether oxygens (including phenoxy) is 1. The highest BCUT2D eigenvalue weighted by molar-refractivity contribution is 5.91. The summed E-state index contributed by atoms with van der Waals surface area (Å²) in [5, 5.41) is 2.85. The standard InChI is InChI=1S/C19H22N2O4/c1-3-18(22)20-15-6-4-5-13(9-15)17-10-14-11-21(19(23)12-24-2)8-7-16(14)25-17/h4-6,9-10H,3,7-8,11-12H2,1-2H3,(H,20,22). The first kappa shape index (κ1) is 17.2. The molecule has 3 rings (SSSR count). The molecule has 0 aliphatic carbocycles. The number of nitrogens with one attached hydrogen (secondary N) is 1. The van der Waals surface area contributed by atoms with Crippen molar-refractivity contribution < 1.29 is 18.7 Å². The number of nitrogens with zero attached hydrogens (tertiary/aromatic N) is 1. The summed E-state index contributed by atoms with van der Waals surface area (Å²) < 4.78 is 10.9. The predicted molar refractivity (Wildman–Crippen MR) is 94.1 cm³/mol. The smallest absolute Gasteiger partial charge is 0.248 e. The predicted octanol–water partition coefficient (Wildman–Crippen LogP) is 2.83. The summed E-state index contributed by atoms with van der Waals surface area (Å²) in [4.78, 5) is 25.3. The lowest BCUT2D eigenvalue weighted by Crippen LogP contribution is -2.37. The van der Waals surface area contributed by atoms with Gasteiger partial charge in [-0.2, -0.15) is 0 Å². The molecule has 0 radical (unpaired) electrons. The Morgan fingerprint density at radius 1 is 1.32 bits per heavy atom. The van der Waals surface area contributed by atoms with Gasteiger partial charge in [-0.05, 0) is 18.2 Å². The van der Waals surface area contributed by atoms with E-state index < -0.39 is 0 Å². The van der Waals surface area contributed by atoms with Gasteiger partial charge in [-0.15, -0.1) is 0 Å². The van der Waals surface area contributed by atoms with Gasteiger partial charge in [0.2, 0.25) is 11.8 Å². The van der Waals surface area contributed by atoms with Crippen LogP contribution in [0.3, 0.4) is 0 Å².